The highest BCUT2D eigenvalue weighted by atomic mass is 19.4. The lowest BCUT2D eigenvalue weighted by Crippen LogP contribution is -2.45. The molecule has 0 amide bonds. The second-order valence-electron chi connectivity index (χ2n) is 6.77. The molecule has 1 rings (SSSR count). The van der Waals surface area contributed by atoms with Crippen molar-refractivity contribution in [2.45, 2.75) is 76.4 Å². The third-order valence-electron chi connectivity index (χ3n) is 4.69. The van der Waals surface area contributed by atoms with Crippen LogP contribution in [0.1, 0.15) is 52.4 Å². The van der Waals surface area contributed by atoms with E-state index in [1.165, 1.54) is 7.11 Å². The third-order valence-corrected chi connectivity index (χ3v) is 4.69. The predicted molar refractivity (Wildman–Crippen MR) is 87.6 cm³/mol. The zero-order valence-corrected chi connectivity index (χ0v) is 14.6. The second-order valence-corrected chi connectivity index (χ2v) is 6.77. The SMILES string of the molecule is COC1/C=C\CCCCC(O)(C(F)(F)F)CC/C(C)=C/[C@@H](C)[C@@H]1O. The Kier molecular flexibility index (Phi) is 7.96. The monoisotopic (exact) mass is 350 g/mol. The second kappa shape index (κ2) is 9.02. The fraction of sp³-hybridized carbons (Fsp3) is 0.778. The van der Waals surface area contributed by atoms with Gasteiger partial charge in [-0.25, -0.2) is 0 Å². The van der Waals surface area contributed by atoms with Crippen molar-refractivity contribution in [3.05, 3.63) is 23.8 Å². The summed E-state index contributed by atoms with van der Waals surface area (Å²) in [5, 5.41) is 20.4. The number of alkyl halides is 3. The molecule has 0 aromatic rings. The summed E-state index contributed by atoms with van der Waals surface area (Å²) in [4.78, 5) is 0. The number of rotatable bonds is 1. The Morgan fingerprint density at radius 1 is 1.25 bits per heavy atom. The molecular formula is C18H29F3O3. The zero-order chi connectivity index (χ0) is 18.4. The largest absolute Gasteiger partial charge is 0.417 e. The lowest BCUT2D eigenvalue weighted by Gasteiger charge is -2.31. The van der Waals surface area contributed by atoms with Crippen molar-refractivity contribution in [1.29, 1.82) is 0 Å². The molecule has 0 fully saturated rings. The summed E-state index contributed by atoms with van der Waals surface area (Å²) in [5.41, 5.74) is -1.92. The normalized spacial score (nSPS) is 38.0. The van der Waals surface area contributed by atoms with E-state index in [9.17, 15) is 23.4 Å². The van der Waals surface area contributed by atoms with E-state index in [1.54, 1.807) is 26.0 Å². The van der Waals surface area contributed by atoms with Crippen LogP contribution in [-0.4, -0.2) is 41.3 Å². The first-order valence-corrected chi connectivity index (χ1v) is 8.44. The van der Waals surface area contributed by atoms with E-state index < -0.39 is 24.0 Å². The molecule has 1 aliphatic carbocycles. The first kappa shape index (κ1) is 21.2. The Hall–Kier alpha value is -0.850. The first-order chi connectivity index (χ1) is 11.1. The minimum Gasteiger partial charge on any atom is -0.389 e. The molecule has 2 N–H and O–H groups in total. The Morgan fingerprint density at radius 3 is 2.50 bits per heavy atom. The van der Waals surface area contributed by atoms with Crippen LogP contribution in [0.2, 0.25) is 0 Å². The Labute approximate surface area is 142 Å². The maximum atomic E-state index is 13.2. The van der Waals surface area contributed by atoms with Crippen LogP contribution in [0.4, 0.5) is 13.2 Å². The standard InChI is InChI=1S/C18H29F3O3/c1-13-9-11-17(23,18(19,20)21)10-7-5-4-6-8-15(24-3)16(22)14(2)12-13/h6,8,12,14-16,22-23H,4-5,7,9-11H2,1-3H3/b8-6-,13-12+/t14-,15?,16+,17?/m1/s1. The van der Waals surface area contributed by atoms with Gasteiger partial charge in [-0.1, -0.05) is 30.7 Å². The molecule has 0 saturated heterocycles. The molecule has 0 spiro atoms. The van der Waals surface area contributed by atoms with E-state index in [4.69, 9.17) is 4.74 Å². The molecule has 0 aromatic heterocycles. The summed E-state index contributed by atoms with van der Waals surface area (Å²) in [5.74, 6) is -0.262. The molecule has 0 radical (unpaired) electrons. The highest BCUT2D eigenvalue weighted by Gasteiger charge is 2.52. The summed E-state index contributed by atoms with van der Waals surface area (Å²) >= 11 is 0. The maximum Gasteiger partial charge on any atom is 0.417 e. The summed E-state index contributed by atoms with van der Waals surface area (Å²) < 4.78 is 45.0. The van der Waals surface area contributed by atoms with Crippen molar-refractivity contribution >= 4 is 0 Å². The molecule has 0 aromatic carbocycles. The summed E-state index contributed by atoms with van der Waals surface area (Å²) in [6, 6.07) is 0. The van der Waals surface area contributed by atoms with Crippen molar-refractivity contribution in [3.63, 3.8) is 0 Å². The average molecular weight is 350 g/mol. The van der Waals surface area contributed by atoms with E-state index in [0.717, 1.165) is 5.57 Å². The van der Waals surface area contributed by atoms with Crippen LogP contribution in [0, 0.1) is 5.92 Å². The van der Waals surface area contributed by atoms with Crippen molar-refractivity contribution in [1.82, 2.24) is 0 Å². The predicted octanol–water partition coefficient (Wildman–Crippen LogP) is 4.15. The zero-order valence-electron chi connectivity index (χ0n) is 14.6. The first-order valence-electron chi connectivity index (χ1n) is 8.44. The van der Waals surface area contributed by atoms with Gasteiger partial charge in [-0.15, -0.1) is 0 Å². The van der Waals surface area contributed by atoms with E-state index in [1.807, 2.05) is 6.08 Å². The molecule has 4 atom stereocenters. The number of hydrogen-bond acceptors (Lipinski definition) is 3. The van der Waals surface area contributed by atoms with Gasteiger partial charge in [0.2, 0.25) is 0 Å². The smallest absolute Gasteiger partial charge is 0.389 e. The molecular weight excluding hydrogens is 321 g/mol. The van der Waals surface area contributed by atoms with Gasteiger partial charge < -0.3 is 14.9 Å². The lowest BCUT2D eigenvalue weighted by molar-refractivity contribution is -0.265. The van der Waals surface area contributed by atoms with E-state index >= 15 is 0 Å². The third kappa shape index (κ3) is 5.90. The van der Waals surface area contributed by atoms with Gasteiger partial charge in [0, 0.05) is 13.0 Å². The van der Waals surface area contributed by atoms with Crippen LogP contribution in [0.3, 0.4) is 0 Å². The Morgan fingerprint density at radius 2 is 1.92 bits per heavy atom. The molecule has 3 nitrogen and oxygen atoms in total. The van der Waals surface area contributed by atoms with Crippen LogP contribution in [-0.2, 0) is 4.74 Å². The van der Waals surface area contributed by atoms with Gasteiger partial charge in [-0.2, -0.15) is 13.2 Å². The molecule has 0 aliphatic heterocycles. The molecule has 0 saturated carbocycles. The quantitative estimate of drug-likeness (QED) is 0.699. The maximum absolute atomic E-state index is 13.2. The van der Waals surface area contributed by atoms with E-state index in [2.05, 4.69) is 0 Å². The fourth-order valence-electron chi connectivity index (χ4n) is 2.98. The number of methoxy groups -OCH3 is 1. The minimum absolute atomic E-state index is 0.139. The van der Waals surface area contributed by atoms with Crippen LogP contribution in [0.25, 0.3) is 0 Å². The Bertz CT molecular complexity index is 445. The number of halogens is 3. The molecule has 6 heteroatoms. The molecule has 0 heterocycles. The van der Waals surface area contributed by atoms with Gasteiger partial charge in [0.25, 0.3) is 0 Å². The minimum atomic E-state index is -4.63. The van der Waals surface area contributed by atoms with Crippen molar-refractivity contribution < 1.29 is 28.1 Å². The number of allylic oxidation sites excluding steroid dienone is 2. The molecule has 1 aliphatic rings. The Balaban J connectivity index is 2.98. The van der Waals surface area contributed by atoms with Crippen LogP contribution < -0.4 is 0 Å². The molecule has 140 valence electrons. The molecule has 24 heavy (non-hydrogen) atoms. The van der Waals surface area contributed by atoms with Crippen molar-refractivity contribution in [2.24, 2.45) is 5.92 Å². The van der Waals surface area contributed by atoms with Gasteiger partial charge in [0.15, 0.2) is 5.60 Å². The van der Waals surface area contributed by atoms with E-state index in [0.29, 0.717) is 19.3 Å². The number of ether oxygens (including phenoxy) is 1. The summed E-state index contributed by atoms with van der Waals surface area (Å²) in [6.45, 7) is 3.53. The molecule has 0 bridgehead atoms. The fourth-order valence-corrected chi connectivity index (χ4v) is 2.98. The average Bonchev–Trinajstić information content (AvgIpc) is 2.49. The number of hydrogen-bond donors (Lipinski definition) is 2. The lowest BCUT2D eigenvalue weighted by atomic mass is 9.87. The number of aliphatic hydroxyl groups excluding tert-OH is 1. The highest BCUT2D eigenvalue weighted by Crippen LogP contribution is 2.39. The van der Waals surface area contributed by atoms with Gasteiger partial charge in [0.05, 0.1) is 6.10 Å². The van der Waals surface area contributed by atoms with Gasteiger partial charge >= 0.3 is 6.18 Å². The van der Waals surface area contributed by atoms with Gasteiger partial charge in [-0.3, -0.25) is 0 Å². The van der Waals surface area contributed by atoms with Gasteiger partial charge in [-0.05, 0) is 45.4 Å². The summed E-state index contributed by atoms with van der Waals surface area (Å²) in [6.07, 6.45) is 0.402. The van der Waals surface area contributed by atoms with Crippen molar-refractivity contribution in [2.75, 3.05) is 7.11 Å². The van der Waals surface area contributed by atoms with Crippen LogP contribution in [0.15, 0.2) is 23.8 Å². The van der Waals surface area contributed by atoms with Crippen molar-refractivity contribution in [3.8, 4) is 0 Å². The van der Waals surface area contributed by atoms with Crippen LogP contribution in [0.5, 0.6) is 0 Å². The van der Waals surface area contributed by atoms with Gasteiger partial charge in [0.1, 0.15) is 6.10 Å². The number of aliphatic hydroxyl groups is 2. The van der Waals surface area contributed by atoms with Crippen LogP contribution >= 0.6 is 0 Å². The van der Waals surface area contributed by atoms with E-state index in [-0.39, 0.29) is 25.2 Å². The highest BCUT2D eigenvalue weighted by molar-refractivity contribution is 5.07. The topological polar surface area (TPSA) is 49.7 Å². The summed E-state index contributed by atoms with van der Waals surface area (Å²) in [7, 11) is 1.52. The molecule has 2 unspecified atom stereocenters.